The molecule has 5 heteroatoms. The van der Waals surface area contributed by atoms with Crippen molar-refractivity contribution >= 4 is 22.9 Å². The highest BCUT2D eigenvalue weighted by Gasteiger charge is 2.12. The fraction of sp³-hybridized carbons (Fsp3) is 0.273. The number of carbonyl (C=O) groups excluding carboxylic acids is 1. The number of rotatable bonds is 7. The van der Waals surface area contributed by atoms with Crippen LogP contribution in [0.15, 0.2) is 53.9 Å². The summed E-state index contributed by atoms with van der Waals surface area (Å²) in [5.74, 6) is 1.12. The van der Waals surface area contributed by atoms with E-state index >= 15 is 0 Å². The van der Waals surface area contributed by atoms with Crippen LogP contribution < -0.4 is 10.1 Å². The summed E-state index contributed by atoms with van der Waals surface area (Å²) in [6.45, 7) is 6.69. The van der Waals surface area contributed by atoms with Crippen LogP contribution in [-0.4, -0.2) is 10.9 Å². The van der Waals surface area contributed by atoms with Crippen molar-refractivity contribution in [1.29, 1.82) is 0 Å². The van der Waals surface area contributed by atoms with Crippen molar-refractivity contribution in [1.82, 2.24) is 4.98 Å². The minimum atomic E-state index is -0.0561. The lowest BCUT2D eigenvalue weighted by Crippen LogP contribution is -2.16. The van der Waals surface area contributed by atoms with E-state index in [9.17, 15) is 4.79 Å². The van der Waals surface area contributed by atoms with Crippen LogP contribution in [0, 0.1) is 6.92 Å². The molecule has 140 valence electrons. The lowest BCUT2D eigenvalue weighted by atomic mass is 10.0. The summed E-state index contributed by atoms with van der Waals surface area (Å²) >= 11 is 1.51. The minimum Gasteiger partial charge on any atom is -0.486 e. The lowest BCUT2D eigenvalue weighted by molar-refractivity contribution is -0.115. The number of amides is 1. The molecule has 1 aromatic heterocycles. The predicted molar refractivity (Wildman–Crippen MR) is 110 cm³/mol. The number of para-hydroxylation sites is 1. The maximum atomic E-state index is 12.4. The Labute approximate surface area is 164 Å². The molecule has 0 aliphatic rings. The average Bonchev–Trinajstić information content (AvgIpc) is 3.08. The smallest absolute Gasteiger partial charge is 0.230 e. The molecule has 0 atom stereocenters. The Morgan fingerprint density at radius 1 is 1.15 bits per heavy atom. The molecule has 0 unspecified atom stereocenters. The largest absolute Gasteiger partial charge is 0.486 e. The fourth-order valence-corrected chi connectivity index (χ4v) is 3.45. The number of ether oxygens (including phenoxy) is 1. The minimum absolute atomic E-state index is 0.0561. The maximum absolute atomic E-state index is 12.4. The molecular weight excluding hydrogens is 356 g/mol. The Morgan fingerprint density at radius 3 is 2.63 bits per heavy atom. The molecule has 0 radical (unpaired) electrons. The number of aromatic nitrogens is 1. The first kappa shape index (κ1) is 19.1. The summed E-state index contributed by atoms with van der Waals surface area (Å²) in [5.41, 5.74) is 3.97. The highest BCUT2D eigenvalue weighted by molar-refractivity contribution is 7.09. The van der Waals surface area contributed by atoms with Crippen molar-refractivity contribution in [2.24, 2.45) is 0 Å². The van der Waals surface area contributed by atoms with Gasteiger partial charge in [0.15, 0.2) is 0 Å². The van der Waals surface area contributed by atoms with E-state index in [0.29, 0.717) is 12.5 Å². The van der Waals surface area contributed by atoms with E-state index in [1.165, 1.54) is 16.9 Å². The van der Waals surface area contributed by atoms with Gasteiger partial charge in [0.05, 0.1) is 12.1 Å². The third-order valence-electron chi connectivity index (χ3n) is 4.18. The Bertz CT molecular complexity index is 901. The van der Waals surface area contributed by atoms with Crippen LogP contribution in [0.3, 0.4) is 0 Å². The number of hydrogen-bond donors (Lipinski definition) is 1. The molecule has 1 N–H and O–H groups in total. The molecule has 0 bridgehead atoms. The molecule has 0 saturated heterocycles. The van der Waals surface area contributed by atoms with Crippen molar-refractivity contribution in [2.75, 3.05) is 5.32 Å². The van der Waals surface area contributed by atoms with Gasteiger partial charge in [0, 0.05) is 11.1 Å². The van der Waals surface area contributed by atoms with Crippen molar-refractivity contribution in [2.45, 2.75) is 39.7 Å². The van der Waals surface area contributed by atoms with Crippen LogP contribution in [0.25, 0.3) is 0 Å². The number of benzene rings is 2. The quantitative estimate of drug-likeness (QED) is 0.602. The molecule has 1 amide bonds. The third-order valence-corrected chi connectivity index (χ3v) is 5.05. The number of aryl methyl sites for hydroxylation is 1. The average molecular weight is 381 g/mol. The van der Waals surface area contributed by atoms with Gasteiger partial charge in [0.25, 0.3) is 0 Å². The summed E-state index contributed by atoms with van der Waals surface area (Å²) in [6.07, 6.45) is 0.257. The number of hydrogen-bond acceptors (Lipinski definition) is 4. The van der Waals surface area contributed by atoms with Gasteiger partial charge < -0.3 is 10.1 Å². The molecular formula is C22H24N2O2S. The first-order valence-corrected chi connectivity index (χ1v) is 9.91. The van der Waals surface area contributed by atoms with Crippen LogP contribution in [-0.2, 0) is 17.8 Å². The van der Waals surface area contributed by atoms with Crippen molar-refractivity contribution in [3.8, 4) is 5.75 Å². The summed E-state index contributed by atoms with van der Waals surface area (Å²) in [6, 6.07) is 15.8. The van der Waals surface area contributed by atoms with Gasteiger partial charge in [-0.25, -0.2) is 4.98 Å². The number of nitrogens with zero attached hydrogens (tertiary/aromatic N) is 1. The number of nitrogens with one attached hydrogen (secondary N) is 1. The Kier molecular flexibility index (Phi) is 6.24. The second kappa shape index (κ2) is 8.82. The monoisotopic (exact) mass is 380 g/mol. The van der Waals surface area contributed by atoms with Gasteiger partial charge in [-0.15, -0.1) is 11.3 Å². The Balaban J connectivity index is 1.56. The van der Waals surface area contributed by atoms with Crippen LogP contribution in [0.2, 0.25) is 0 Å². The van der Waals surface area contributed by atoms with E-state index < -0.39 is 0 Å². The van der Waals surface area contributed by atoms with E-state index in [0.717, 1.165) is 27.7 Å². The summed E-state index contributed by atoms with van der Waals surface area (Å²) < 4.78 is 5.75. The predicted octanol–water partition coefficient (Wildman–Crippen LogP) is 5.34. The first-order chi connectivity index (χ1) is 13.0. The van der Waals surface area contributed by atoms with Crippen molar-refractivity contribution in [3.05, 3.63) is 75.7 Å². The van der Waals surface area contributed by atoms with Crippen LogP contribution in [0.4, 0.5) is 5.69 Å². The zero-order valence-corrected chi connectivity index (χ0v) is 16.7. The molecule has 27 heavy (non-hydrogen) atoms. The zero-order chi connectivity index (χ0) is 19.2. The summed E-state index contributed by atoms with van der Waals surface area (Å²) in [5, 5.41) is 5.79. The van der Waals surface area contributed by atoms with E-state index in [1.807, 2.05) is 60.8 Å². The topological polar surface area (TPSA) is 51.2 Å². The summed E-state index contributed by atoms with van der Waals surface area (Å²) in [4.78, 5) is 16.9. The van der Waals surface area contributed by atoms with Gasteiger partial charge in [-0.2, -0.15) is 0 Å². The second-order valence-electron chi connectivity index (χ2n) is 6.80. The van der Waals surface area contributed by atoms with E-state index in [1.54, 1.807) is 0 Å². The van der Waals surface area contributed by atoms with E-state index in [-0.39, 0.29) is 12.3 Å². The van der Waals surface area contributed by atoms with Gasteiger partial charge in [0.1, 0.15) is 17.4 Å². The van der Waals surface area contributed by atoms with E-state index in [4.69, 9.17) is 4.74 Å². The van der Waals surface area contributed by atoms with Crippen molar-refractivity contribution in [3.63, 3.8) is 0 Å². The molecule has 4 nitrogen and oxygen atoms in total. The highest BCUT2D eigenvalue weighted by atomic mass is 32.1. The molecule has 0 saturated carbocycles. The standard InChI is InChI=1S/C22H24N2O2S/c1-15(2)19-6-4-5-7-20(19)24-21(25)12-17-14-27-22(23-17)13-26-18-10-8-16(3)9-11-18/h4-11,14-15H,12-13H2,1-3H3,(H,24,25). The van der Waals surface area contributed by atoms with Gasteiger partial charge in [-0.3, -0.25) is 4.79 Å². The van der Waals surface area contributed by atoms with Gasteiger partial charge in [-0.05, 0) is 36.6 Å². The lowest BCUT2D eigenvalue weighted by Gasteiger charge is -2.13. The first-order valence-electron chi connectivity index (χ1n) is 9.03. The molecule has 0 aliphatic heterocycles. The molecule has 2 aromatic carbocycles. The number of thiazole rings is 1. The normalized spacial score (nSPS) is 10.8. The van der Waals surface area contributed by atoms with Crippen molar-refractivity contribution < 1.29 is 9.53 Å². The highest BCUT2D eigenvalue weighted by Crippen LogP contribution is 2.24. The van der Waals surface area contributed by atoms with E-state index in [2.05, 4.69) is 24.1 Å². The molecule has 0 fully saturated rings. The second-order valence-corrected chi connectivity index (χ2v) is 7.74. The third kappa shape index (κ3) is 5.41. The van der Waals surface area contributed by atoms with Gasteiger partial charge in [-0.1, -0.05) is 49.7 Å². The number of anilines is 1. The Hall–Kier alpha value is -2.66. The SMILES string of the molecule is Cc1ccc(OCc2nc(CC(=O)Nc3ccccc3C(C)C)cs2)cc1. The molecule has 1 heterocycles. The van der Waals surface area contributed by atoms with Gasteiger partial charge >= 0.3 is 0 Å². The fourth-order valence-electron chi connectivity index (χ4n) is 2.75. The van der Waals surface area contributed by atoms with Crippen LogP contribution >= 0.6 is 11.3 Å². The summed E-state index contributed by atoms with van der Waals surface area (Å²) in [7, 11) is 0. The number of carbonyl (C=O) groups is 1. The maximum Gasteiger partial charge on any atom is 0.230 e. The molecule has 0 aliphatic carbocycles. The van der Waals surface area contributed by atoms with Gasteiger partial charge in [0.2, 0.25) is 5.91 Å². The molecule has 3 rings (SSSR count). The zero-order valence-electron chi connectivity index (χ0n) is 15.9. The van der Waals surface area contributed by atoms with Crippen LogP contribution in [0.1, 0.15) is 41.6 Å². The van der Waals surface area contributed by atoms with Crippen LogP contribution in [0.5, 0.6) is 5.75 Å². The Morgan fingerprint density at radius 2 is 1.89 bits per heavy atom. The molecule has 0 spiro atoms. The molecule has 3 aromatic rings.